The van der Waals surface area contributed by atoms with Crippen molar-refractivity contribution in [3.8, 4) is 0 Å². The first-order valence-corrected chi connectivity index (χ1v) is 7.72. The van der Waals surface area contributed by atoms with E-state index in [1.54, 1.807) is 23.1 Å². The van der Waals surface area contributed by atoms with Gasteiger partial charge in [0.2, 0.25) is 5.91 Å². The van der Waals surface area contributed by atoms with Gasteiger partial charge in [0.25, 0.3) is 5.91 Å². The van der Waals surface area contributed by atoms with Crippen LogP contribution in [0.3, 0.4) is 0 Å². The fourth-order valence-corrected chi connectivity index (χ4v) is 2.63. The molecule has 1 saturated heterocycles. The number of carbonyl (C=O) groups is 2. The molecule has 1 aromatic heterocycles. The molecule has 2 heterocycles. The number of rotatable bonds is 4. The van der Waals surface area contributed by atoms with Crippen molar-refractivity contribution in [3.63, 3.8) is 0 Å². The maximum atomic E-state index is 13.0. The number of benzene rings is 1. The second kappa shape index (κ2) is 7.16. The summed E-state index contributed by atoms with van der Waals surface area (Å²) < 4.78 is 17.8. The molecule has 2 aromatic rings. The third-order valence-electron chi connectivity index (χ3n) is 4.01. The lowest BCUT2D eigenvalue weighted by molar-refractivity contribution is -0.130. The molecule has 126 valence electrons. The van der Waals surface area contributed by atoms with Crippen LogP contribution in [-0.2, 0) is 4.79 Å². The van der Waals surface area contributed by atoms with E-state index in [0.29, 0.717) is 31.7 Å². The molecule has 3 rings (SSSR count). The average molecular weight is 331 g/mol. The van der Waals surface area contributed by atoms with Crippen LogP contribution in [0, 0.1) is 5.82 Å². The summed E-state index contributed by atoms with van der Waals surface area (Å²) in [5.74, 6) is -0.714. The zero-order valence-electron chi connectivity index (χ0n) is 13.1. The van der Waals surface area contributed by atoms with Crippen LogP contribution in [-0.4, -0.2) is 49.4 Å². The lowest BCUT2D eigenvalue weighted by Gasteiger charge is -2.36. The summed E-state index contributed by atoms with van der Waals surface area (Å²) in [6.07, 6.45) is 2.74. The van der Waals surface area contributed by atoms with Gasteiger partial charge in [-0.3, -0.25) is 9.59 Å². The van der Waals surface area contributed by atoms with E-state index in [0.717, 1.165) is 5.69 Å². The standard InChI is InChI=1S/C17H18FN3O3/c18-14-1-3-15(4-2-14)20-6-8-21(9-7-20)16(22)11-19-17(23)13-5-10-24-12-13/h1-5,10,12H,6-9,11H2,(H,19,23). The Morgan fingerprint density at radius 1 is 1.08 bits per heavy atom. The molecule has 6 nitrogen and oxygen atoms in total. The molecule has 0 unspecified atom stereocenters. The predicted octanol–water partition coefficient (Wildman–Crippen LogP) is 1.50. The Hall–Kier alpha value is -2.83. The van der Waals surface area contributed by atoms with Crippen LogP contribution in [0.2, 0.25) is 0 Å². The van der Waals surface area contributed by atoms with Crippen LogP contribution in [0.15, 0.2) is 47.3 Å². The normalized spacial score (nSPS) is 14.5. The van der Waals surface area contributed by atoms with Gasteiger partial charge in [0.05, 0.1) is 18.4 Å². The fourth-order valence-electron chi connectivity index (χ4n) is 2.63. The van der Waals surface area contributed by atoms with Crippen molar-refractivity contribution in [1.29, 1.82) is 0 Å². The number of furan rings is 1. The highest BCUT2D eigenvalue weighted by molar-refractivity contribution is 5.96. The number of anilines is 1. The van der Waals surface area contributed by atoms with E-state index in [1.807, 2.05) is 0 Å². The van der Waals surface area contributed by atoms with Crippen LogP contribution in [0.1, 0.15) is 10.4 Å². The summed E-state index contributed by atoms with van der Waals surface area (Å²) in [6, 6.07) is 7.87. The summed E-state index contributed by atoms with van der Waals surface area (Å²) in [5.41, 5.74) is 1.33. The number of halogens is 1. The quantitative estimate of drug-likeness (QED) is 0.922. The molecule has 0 saturated carbocycles. The summed E-state index contributed by atoms with van der Waals surface area (Å²) in [6.45, 7) is 2.44. The monoisotopic (exact) mass is 331 g/mol. The second-order valence-corrected chi connectivity index (χ2v) is 5.54. The van der Waals surface area contributed by atoms with Gasteiger partial charge in [-0.05, 0) is 30.3 Å². The van der Waals surface area contributed by atoms with Crippen molar-refractivity contribution >= 4 is 17.5 Å². The minimum absolute atomic E-state index is 0.0411. The Morgan fingerprint density at radius 2 is 1.79 bits per heavy atom. The van der Waals surface area contributed by atoms with Crippen molar-refractivity contribution in [2.24, 2.45) is 0 Å². The summed E-state index contributed by atoms with van der Waals surface area (Å²) in [5, 5.41) is 2.59. The van der Waals surface area contributed by atoms with E-state index in [9.17, 15) is 14.0 Å². The van der Waals surface area contributed by atoms with Crippen LogP contribution in [0.25, 0.3) is 0 Å². The molecule has 0 atom stereocenters. The van der Waals surface area contributed by atoms with Gasteiger partial charge in [-0.1, -0.05) is 0 Å². The van der Waals surface area contributed by atoms with E-state index in [2.05, 4.69) is 10.2 Å². The van der Waals surface area contributed by atoms with Gasteiger partial charge < -0.3 is 19.5 Å². The van der Waals surface area contributed by atoms with E-state index in [4.69, 9.17) is 4.42 Å². The predicted molar refractivity (Wildman–Crippen MR) is 86.2 cm³/mol. The van der Waals surface area contributed by atoms with Crippen molar-refractivity contribution < 1.29 is 18.4 Å². The molecule has 1 N–H and O–H groups in total. The number of nitrogens with zero attached hydrogens (tertiary/aromatic N) is 2. The topological polar surface area (TPSA) is 65.8 Å². The summed E-state index contributed by atoms with van der Waals surface area (Å²) in [4.78, 5) is 27.8. The SMILES string of the molecule is O=C(NCC(=O)N1CCN(c2ccc(F)cc2)CC1)c1ccoc1. The van der Waals surface area contributed by atoms with Gasteiger partial charge in [0.15, 0.2) is 0 Å². The molecule has 0 spiro atoms. The molecular formula is C17H18FN3O3. The number of piperazine rings is 1. The first kappa shape index (κ1) is 16.0. The molecule has 7 heteroatoms. The van der Waals surface area contributed by atoms with Crippen LogP contribution >= 0.6 is 0 Å². The van der Waals surface area contributed by atoms with Gasteiger partial charge in [0, 0.05) is 31.9 Å². The summed E-state index contributed by atoms with van der Waals surface area (Å²) >= 11 is 0. The van der Waals surface area contributed by atoms with Crippen LogP contribution in [0.4, 0.5) is 10.1 Å². The summed E-state index contributed by atoms with van der Waals surface area (Å²) in [7, 11) is 0. The first-order valence-electron chi connectivity index (χ1n) is 7.72. The minimum Gasteiger partial charge on any atom is -0.472 e. The highest BCUT2D eigenvalue weighted by atomic mass is 19.1. The van der Waals surface area contributed by atoms with Gasteiger partial charge in [-0.2, -0.15) is 0 Å². The first-order chi connectivity index (χ1) is 11.6. The van der Waals surface area contributed by atoms with Gasteiger partial charge in [-0.15, -0.1) is 0 Å². The van der Waals surface area contributed by atoms with Gasteiger partial charge in [-0.25, -0.2) is 4.39 Å². The molecule has 1 aliphatic rings. The minimum atomic E-state index is -0.331. The molecule has 2 amide bonds. The molecular weight excluding hydrogens is 313 g/mol. The maximum absolute atomic E-state index is 13.0. The third kappa shape index (κ3) is 3.73. The van der Waals surface area contributed by atoms with E-state index < -0.39 is 0 Å². The Morgan fingerprint density at radius 3 is 2.42 bits per heavy atom. The highest BCUT2D eigenvalue weighted by Crippen LogP contribution is 2.16. The molecule has 0 radical (unpaired) electrons. The second-order valence-electron chi connectivity index (χ2n) is 5.54. The van der Waals surface area contributed by atoms with Crippen molar-refractivity contribution in [3.05, 3.63) is 54.2 Å². The van der Waals surface area contributed by atoms with Crippen molar-refractivity contribution in [2.45, 2.75) is 0 Å². The number of carbonyl (C=O) groups excluding carboxylic acids is 2. The van der Waals surface area contributed by atoms with E-state index in [1.165, 1.54) is 24.7 Å². The Labute approximate surface area is 138 Å². The largest absolute Gasteiger partial charge is 0.472 e. The van der Waals surface area contributed by atoms with Crippen LogP contribution < -0.4 is 10.2 Å². The molecule has 0 aliphatic carbocycles. The Kier molecular flexibility index (Phi) is 4.79. The van der Waals surface area contributed by atoms with Crippen LogP contribution in [0.5, 0.6) is 0 Å². The number of amides is 2. The number of hydrogen-bond donors (Lipinski definition) is 1. The Bertz CT molecular complexity index is 692. The number of hydrogen-bond acceptors (Lipinski definition) is 4. The Balaban J connectivity index is 1.46. The fraction of sp³-hybridized carbons (Fsp3) is 0.294. The van der Waals surface area contributed by atoms with Crippen molar-refractivity contribution in [1.82, 2.24) is 10.2 Å². The highest BCUT2D eigenvalue weighted by Gasteiger charge is 2.21. The third-order valence-corrected chi connectivity index (χ3v) is 4.01. The molecule has 24 heavy (non-hydrogen) atoms. The van der Waals surface area contributed by atoms with E-state index in [-0.39, 0.29) is 24.2 Å². The average Bonchev–Trinajstić information content (AvgIpc) is 3.15. The molecule has 1 aromatic carbocycles. The number of nitrogens with one attached hydrogen (secondary N) is 1. The molecule has 1 aliphatic heterocycles. The molecule has 1 fully saturated rings. The smallest absolute Gasteiger partial charge is 0.254 e. The zero-order chi connectivity index (χ0) is 16.9. The van der Waals surface area contributed by atoms with Gasteiger partial charge in [0.1, 0.15) is 12.1 Å². The lowest BCUT2D eigenvalue weighted by Crippen LogP contribution is -2.51. The zero-order valence-corrected chi connectivity index (χ0v) is 13.1. The van der Waals surface area contributed by atoms with Crippen molar-refractivity contribution in [2.75, 3.05) is 37.6 Å². The maximum Gasteiger partial charge on any atom is 0.254 e. The lowest BCUT2D eigenvalue weighted by atomic mass is 10.2. The molecule has 0 bridgehead atoms. The van der Waals surface area contributed by atoms with Gasteiger partial charge >= 0.3 is 0 Å². The van der Waals surface area contributed by atoms with E-state index >= 15 is 0 Å².